The third-order valence-electron chi connectivity index (χ3n) is 4.20. The van der Waals surface area contributed by atoms with Gasteiger partial charge in [0.2, 0.25) is 0 Å². The van der Waals surface area contributed by atoms with Crippen molar-refractivity contribution in [1.29, 1.82) is 0 Å². The van der Waals surface area contributed by atoms with E-state index in [1.54, 1.807) is 22.2 Å². The average Bonchev–Trinajstić information content (AvgIpc) is 3.35. The van der Waals surface area contributed by atoms with Crippen LogP contribution in [0, 0.1) is 0 Å². The molecule has 2 aromatic carbocycles. The van der Waals surface area contributed by atoms with Gasteiger partial charge in [0.25, 0.3) is 5.91 Å². The molecule has 0 spiro atoms. The highest BCUT2D eigenvalue weighted by atomic mass is 32.1. The van der Waals surface area contributed by atoms with Gasteiger partial charge >= 0.3 is 0 Å². The number of hydrogen-bond acceptors (Lipinski definition) is 4. The number of hydrogen-bond donors (Lipinski definition) is 1. The minimum atomic E-state index is -0.0787. The summed E-state index contributed by atoms with van der Waals surface area (Å²) in [4.78, 5) is 17.1. The summed E-state index contributed by atoms with van der Waals surface area (Å²) in [5.41, 5.74) is 2.58. The first-order chi connectivity index (χ1) is 12.7. The Hall–Kier alpha value is -2.99. The van der Waals surface area contributed by atoms with Crippen LogP contribution in [-0.4, -0.2) is 27.2 Å². The van der Waals surface area contributed by atoms with Crippen LogP contribution >= 0.6 is 11.3 Å². The van der Waals surface area contributed by atoms with E-state index in [-0.39, 0.29) is 11.8 Å². The Labute approximate surface area is 155 Å². The van der Waals surface area contributed by atoms with Gasteiger partial charge in [-0.15, -0.1) is 11.3 Å². The molecule has 0 saturated heterocycles. The van der Waals surface area contributed by atoms with E-state index in [4.69, 9.17) is 0 Å². The maximum Gasteiger partial charge on any atom is 0.251 e. The molecule has 0 aliphatic heterocycles. The number of aromatic nitrogens is 3. The summed E-state index contributed by atoms with van der Waals surface area (Å²) in [6.45, 7) is 2.64. The Morgan fingerprint density at radius 3 is 2.69 bits per heavy atom. The van der Waals surface area contributed by atoms with Gasteiger partial charge in [0.05, 0.1) is 20.9 Å². The summed E-state index contributed by atoms with van der Waals surface area (Å²) in [7, 11) is 0. The molecule has 0 saturated carbocycles. The molecular weight excluding hydrogens is 344 g/mol. The second-order valence-electron chi connectivity index (χ2n) is 6.13. The van der Waals surface area contributed by atoms with Crippen molar-refractivity contribution in [1.82, 2.24) is 20.1 Å². The molecule has 1 N–H and O–H groups in total. The zero-order valence-corrected chi connectivity index (χ0v) is 15.1. The smallest absolute Gasteiger partial charge is 0.251 e. The summed E-state index contributed by atoms with van der Waals surface area (Å²) >= 11 is 1.68. The van der Waals surface area contributed by atoms with Crippen molar-refractivity contribution in [2.45, 2.75) is 12.8 Å². The van der Waals surface area contributed by atoms with E-state index in [1.165, 1.54) is 4.70 Å². The Kier molecular flexibility index (Phi) is 4.50. The van der Waals surface area contributed by atoms with E-state index in [2.05, 4.69) is 28.4 Å². The number of fused-ring (bicyclic) bond motifs is 1. The highest BCUT2D eigenvalue weighted by Gasteiger charge is 2.13. The van der Waals surface area contributed by atoms with Crippen LogP contribution in [0.4, 0.5) is 0 Å². The lowest BCUT2D eigenvalue weighted by atomic mass is 10.1. The fourth-order valence-electron chi connectivity index (χ4n) is 2.72. The lowest BCUT2D eigenvalue weighted by Gasteiger charge is -2.10. The predicted molar refractivity (Wildman–Crippen MR) is 104 cm³/mol. The summed E-state index contributed by atoms with van der Waals surface area (Å²) < 4.78 is 2.94. The van der Waals surface area contributed by atoms with Crippen molar-refractivity contribution in [2.24, 2.45) is 0 Å². The second-order valence-corrected chi connectivity index (χ2v) is 7.19. The molecule has 1 unspecified atom stereocenters. The minimum Gasteiger partial charge on any atom is -0.351 e. The zero-order chi connectivity index (χ0) is 17.9. The normalized spacial score (nSPS) is 12.2. The fraction of sp³-hybridized carbons (Fsp3) is 0.150. The third kappa shape index (κ3) is 3.36. The standard InChI is InChI=1S/C20H18N4OS/c1-14(20-23-17-5-2-3-6-18(17)26-20)13-21-19(25)15-7-9-16(10-8-15)24-12-4-11-22-24/h2-12,14H,13H2,1H3,(H,21,25). The number of nitrogens with one attached hydrogen (secondary N) is 1. The van der Waals surface area contributed by atoms with Crippen LogP contribution in [-0.2, 0) is 0 Å². The molecule has 0 radical (unpaired) electrons. The summed E-state index contributed by atoms with van der Waals surface area (Å²) in [6, 6.07) is 17.4. The molecule has 26 heavy (non-hydrogen) atoms. The van der Waals surface area contributed by atoms with E-state index in [0.29, 0.717) is 12.1 Å². The van der Waals surface area contributed by atoms with Crippen molar-refractivity contribution in [3.63, 3.8) is 0 Å². The van der Waals surface area contributed by atoms with Gasteiger partial charge in [0, 0.05) is 30.4 Å². The number of carbonyl (C=O) groups is 1. The van der Waals surface area contributed by atoms with Gasteiger partial charge in [-0.1, -0.05) is 19.1 Å². The van der Waals surface area contributed by atoms with Gasteiger partial charge in [-0.2, -0.15) is 5.10 Å². The Morgan fingerprint density at radius 2 is 1.96 bits per heavy atom. The lowest BCUT2D eigenvalue weighted by Crippen LogP contribution is -2.27. The first kappa shape index (κ1) is 16.5. The molecule has 5 nitrogen and oxygen atoms in total. The molecule has 2 heterocycles. The monoisotopic (exact) mass is 362 g/mol. The van der Waals surface area contributed by atoms with Gasteiger partial charge in [-0.25, -0.2) is 9.67 Å². The van der Waals surface area contributed by atoms with Crippen molar-refractivity contribution in [2.75, 3.05) is 6.54 Å². The first-order valence-corrected chi connectivity index (χ1v) is 9.26. The summed E-state index contributed by atoms with van der Waals surface area (Å²) in [5.74, 6) is 0.0877. The van der Waals surface area contributed by atoms with E-state index in [9.17, 15) is 4.79 Å². The number of thiazole rings is 1. The van der Waals surface area contributed by atoms with Crippen molar-refractivity contribution in [3.05, 3.63) is 77.6 Å². The molecule has 4 aromatic rings. The largest absolute Gasteiger partial charge is 0.351 e. The predicted octanol–water partition coefficient (Wildman–Crippen LogP) is 4.02. The number of benzene rings is 2. The number of rotatable bonds is 5. The molecule has 2 aromatic heterocycles. The lowest BCUT2D eigenvalue weighted by molar-refractivity contribution is 0.0951. The van der Waals surface area contributed by atoms with Gasteiger partial charge < -0.3 is 5.32 Å². The van der Waals surface area contributed by atoms with Crippen LogP contribution in [0.25, 0.3) is 15.9 Å². The molecule has 1 amide bonds. The molecule has 0 aliphatic rings. The highest BCUT2D eigenvalue weighted by Crippen LogP contribution is 2.26. The van der Waals surface area contributed by atoms with Crippen LogP contribution in [0.15, 0.2) is 67.0 Å². The van der Waals surface area contributed by atoms with Crippen LogP contribution in [0.3, 0.4) is 0 Å². The maximum absolute atomic E-state index is 12.4. The van der Waals surface area contributed by atoms with Crippen molar-refractivity contribution in [3.8, 4) is 5.69 Å². The molecule has 6 heteroatoms. The van der Waals surface area contributed by atoms with E-state index >= 15 is 0 Å². The SMILES string of the molecule is CC(CNC(=O)c1ccc(-n2cccn2)cc1)c1nc2ccccc2s1. The van der Waals surface area contributed by atoms with E-state index < -0.39 is 0 Å². The summed E-state index contributed by atoms with van der Waals surface area (Å²) in [6.07, 6.45) is 3.60. The minimum absolute atomic E-state index is 0.0787. The average molecular weight is 362 g/mol. The van der Waals surface area contributed by atoms with Crippen LogP contribution in [0.2, 0.25) is 0 Å². The zero-order valence-electron chi connectivity index (χ0n) is 14.3. The van der Waals surface area contributed by atoms with Crippen molar-refractivity contribution >= 4 is 27.5 Å². The Balaban J connectivity index is 1.40. The van der Waals surface area contributed by atoms with Gasteiger partial charge in [0.1, 0.15) is 0 Å². The van der Waals surface area contributed by atoms with Crippen LogP contribution in [0.5, 0.6) is 0 Å². The maximum atomic E-state index is 12.4. The van der Waals surface area contributed by atoms with Crippen LogP contribution < -0.4 is 5.32 Å². The topological polar surface area (TPSA) is 59.8 Å². The fourth-order valence-corrected chi connectivity index (χ4v) is 3.74. The number of nitrogens with zero attached hydrogens (tertiary/aromatic N) is 3. The molecule has 0 bridgehead atoms. The molecule has 130 valence electrons. The first-order valence-electron chi connectivity index (χ1n) is 8.44. The summed E-state index contributed by atoms with van der Waals surface area (Å²) in [5, 5.41) is 8.23. The van der Waals surface area contributed by atoms with Gasteiger partial charge in [0.15, 0.2) is 0 Å². The quantitative estimate of drug-likeness (QED) is 0.583. The van der Waals surface area contributed by atoms with E-state index in [0.717, 1.165) is 16.2 Å². The Morgan fingerprint density at radius 1 is 1.15 bits per heavy atom. The molecule has 0 aliphatic carbocycles. The second kappa shape index (κ2) is 7.09. The van der Waals surface area contributed by atoms with Gasteiger partial charge in [-0.3, -0.25) is 4.79 Å². The molecule has 1 atom stereocenters. The molecular formula is C20H18N4OS. The number of para-hydroxylation sites is 1. The van der Waals surface area contributed by atoms with Crippen LogP contribution in [0.1, 0.15) is 28.2 Å². The highest BCUT2D eigenvalue weighted by molar-refractivity contribution is 7.18. The number of carbonyl (C=O) groups excluding carboxylic acids is 1. The molecule has 4 rings (SSSR count). The van der Waals surface area contributed by atoms with E-state index in [1.807, 2.05) is 54.7 Å². The third-order valence-corrected chi connectivity index (χ3v) is 5.47. The van der Waals surface area contributed by atoms with Crippen molar-refractivity contribution < 1.29 is 4.79 Å². The molecule has 0 fully saturated rings. The number of amides is 1. The van der Waals surface area contributed by atoms with Gasteiger partial charge in [-0.05, 0) is 42.5 Å². The Bertz CT molecular complexity index is 989.